The van der Waals surface area contributed by atoms with E-state index in [1.807, 2.05) is 31.2 Å². The average Bonchev–Trinajstić information content (AvgIpc) is 3.34. The predicted molar refractivity (Wildman–Crippen MR) is 127 cm³/mol. The molecule has 0 saturated carbocycles. The predicted octanol–water partition coefficient (Wildman–Crippen LogP) is 4.20. The van der Waals surface area contributed by atoms with Crippen LogP contribution in [0.3, 0.4) is 0 Å². The molecule has 2 N–H and O–H groups in total. The quantitative estimate of drug-likeness (QED) is 0.433. The van der Waals surface area contributed by atoms with Crippen LogP contribution in [0.1, 0.15) is 46.0 Å². The Kier molecular flexibility index (Phi) is 5.74. The molecule has 0 fully saturated rings. The fourth-order valence-electron chi connectivity index (χ4n) is 3.99. The van der Waals surface area contributed by atoms with Crippen molar-refractivity contribution in [2.24, 2.45) is 0 Å². The highest BCUT2D eigenvalue weighted by molar-refractivity contribution is 9.10. The van der Waals surface area contributed by atoms with Crippen molar-refractivity contribution in [2.75, 3.05) is 5.73 Å². The zero-order valence-electron chi connectivity index (χ0n) is 17.9. The number of nitrogen functional groups attached to an aromatic ring is 1. The van der Waals surface area contributed by atoms with E-state index in [1.54, 1.807) is 35.6 Å². The minimum Gasteiger partial charge on any atom is -0.383 e. The number of carbonyl (C=O) groups is 1. The molecule has 0 aliphatic carbocycles. The molecule has 4 heterocycles. The van der Waals surface area contributed by atoms with Crippen molar-refractivity contribution in [1.82, 2.24) is 24.8 Å². The number of benzene rings is 1. The number of fused-ring (bicyclic) bond motifs is 3. The Labute approximate surface area is 199 Å². The highest BCUT2D eigenvalue weighted by atomic mass is 79.9. The minimum atomic E-state index is -0.363. The lowest BCUT2D eigenvalue weighted by Crippen LogP contribution is -2.34. The summed E-state index contributed by atoms with van der Waals surface area (Å²) in [6.45, 7) is 3.12. The van der Waals surface area contributed by atoms with E-state index in [0.717, 1.165) is 32.2 Å². The first-order valence-corrected chi connectivity index (χ1v) is 11.3. The van der Waals surface area contributed by atoms with Crippen LogP contribution in [0, 0.1) is 0 Å². The van der Waals surface area contributed by atoms with Gasteiger partial charge in [-0.3, -0.25) is 9.78 Å². The van der Waals surface area contributed by atoms with Gasteiger partial charge in [0.05, 0.1) is 37.0 Å². The number of amides is 1. The zero-order valence-corrected chi connectivity index (χ0v) is 19.5. The Morgan fingerprint density at radius 3 is 2.70 bits per heavy atom. The van der Waals surface area contributed by atoms with Gasteiger partial charge in [0.25, 0.3) is 5.91 Å². The Bertz CT molecular complexity index is 1330. The minimum absolute atomic E-state index is 0.147. The van der Waals surface area contributed by atoms with Crippen molar-refractivity contribution in [3.05, 3.63) is 87.7 Å². The van der Waals surface area contributed by atoms with Gasteiger partial charge < -0.3 is 15.4 Å². The highest BCUT2D eigenvalue weighted by Gasteiger charge is 2.27. The lowest BCUT2D eigenvalue weighted by Gasteiger charge is -2.28. The van der Waals surface area contributed by atoms with Gasteiger partial charge in [0.1, 0.15) is 11.6 Å². The maximum absolute atomic E-state index is 13.8. The number of rotatable bonds is 5. The molecule has 1 amide bonds. The molecular weight excluding hydrogens is 484 g/mol. The third-order valence-corrected chi connectivity index (χ3v) is 6.25. The van der Waals surface area contributed by atoms with E-state index < -0.39 is 0 Å². The SMILES string of the molecule is C[C@H](c1ncccn1)N(Cc1ccc(Br)cn1)C(=O)c1ccc2nc(N)c3c(c2c1)COC3. The summed E-state index contributed by atoms with van der Waals surface area (Å²) in [7, 11) is 0. The van der Waals surface area contributed by atoms with E-state index in [0.29, 0.717) is 37.0 Å². The van der Waals surface area contributed by atoms with Crippen molar-refractivity contribution in [1.29, 1.82) is 0 Å². The summed E-state index contributed by atoms with van der Waals surface area (Å²) in [5, 5.41) is 0.882. The molecule has 3 aromatic heterocycles. The molecule has 9 heteroatoms. The first-order valence-electron chi connectivity index (χ1n) is 10.5. The number of anilines is 1. The van der Waals surface area contributed by atoms with Crippen LogP contribution in [0.5, 0.6) is 0 Å². The average molecular weight is 505 g/mol. The number of aromatic nitrogens is 4. The van der Waals surface area contributed by atoms with Gasteiger partial charge in [-0.1, -0.05) is 0 Å². The second kappa shape index (κ2) is 8.84. The summed E-state index contributed by atoms with van der Waals surface area (Å²) < 4.78 is 6.47. The van der Waals surface area contributed by atoms with E-state index in [9.17, 15) is 4.79 Å². The summed E-state index contributed by atoms with van der Waals surface area (Å²) in [5.41, 5.74) is 10.0. The van der Waals surface area contributed by atoms with Crippen LogP contribution in [0.15, 0.2) is 59.5 Å². The smallest absolute Gasteiger partial charge is 0.254 e. The molecule has 5 rings (SSSR count). The highest BCUT2D eigenvalue weighted by Crippen LogP contribution is 2.32. The number of hydrogen-bond acceptors (Lipinski definition) is 7. The summed E-state index contributed by atoms with van der Waals surface area (Å²) >= 11 is 3.41. The van der Waals surface area contributed by atoms with Crippen LogP contribution in [-0.2, 0) is 24.5 Å². The van der Waals surface area contributed by atoms with Gasteiger partial charge in [-0.2, -0.15) is 0 Å². The van der Waals surface area contributed by atoms with Crippen molar-refractivity contribution in [3.8, 4) is 0 Å². The maximum atomic E-state index is 13.8. The largest absolute Gasteiger partial charge is 0.383 e. The van der Waals surface area contributed by atoms with Crippen molar-refractivity contribution < 1.29 is 9.53 Å². The van der Waals surface area contributed by atoms with Crippen molar-refractivity contribution >= 4 is 38.6 Å². The molecule has 0 spiro atoms. The van der Waals surface area contributed by atoms with Gasteiger partial charge >= 0.3 is 0 Å². The van der Waals surface area contributed by atoms with Gasteiger partial charge in [0.2, 0.25) is 0 Å². The Morgan fingerprint density at radius 1 is 1.15 bits per heavy atom. The number of hydrogen-bond donors (Lipinski definition) is 1. The number of halogens is 1. The third-order valence-electron chi connectivity index (χ3n) is 5.78. The molecular formula is C24H21BrN6O2. The van der Waals surface area contributed by atoms with E-state index in [-0.39, 0.29) is 11.9 Å². The zero-order chi connectivity index (χ0) is 22.9. The van der Waals surface area contributed by atoms with E-state index in [2.05, 4.69) is 35.9 Å². The molecule has 1 aliphatic heterocycles. The summed E-state index contributed by atoms with van der Waals surface area (Å²) in [6.07, 6.45) is 5.07. The Balaban J connectivity index is 1.55. The van der Waals surface area contributed by atoms with Gasteiger partial charge in [-0.25, -0.2) is 15.0 Å². The fourth-order valence-corrected chi connectivity index (χ4v) is 4.23. The van der Waals surface area contributed by atoms with Gasteiger partial charge in [0.15, 0.2) is 0 Å². The van der Waals surface area contributed by atoms with Gasteiger partial charge in [-0.15, -0.1) is 0 Å². The molecule has 0 unspecified atom stereocenters. The third kappa shape index (κ3) is 4.17. The van der Waals surface area contributed by atoms with E-state index in [4.69, 9.17) is 10.5 Å². The van der Waals surface area contributed by atoms with Crippen molar-refractivity contribution in [2.45, 2.75) is 32.7 Å². The van der Waals surface area contributed by atoms with Crippen LogP contribution >= 0.6 is 15.9 Å². The van der Waals surface area contributed by atoms with Crippen LogP contribution in [0.25, 0.3) is 10.9 Å². The Hall–Kier alpha value is -3.43. The fraction of sp³-hybridized carbons (Fsp3) is 0.208. The van der Waals surface area contributed by atoms with E-state index in [1.165, 1.54) is 0 Å². The first kappa shape index (κ1) is 21.4. The van der Waals surface area contributed by atoms with Gasteiger partial charge in [-0.05, 0) is 64.8 Å². The van der Waals surface area contributed by atoms with Gasteiger partial charge in [0, 0.05) is 39.6 Å². The molecule has 8 nitrogen and oxygen atoms in total. The number of pyridine rings is 2. The van der Waals surface area contributed by atoms with Crippen LogP contribution < -0.4 is 5.73 Å². The molecule has 0 bridgehead atoms. The summed E-state index contributed by atoms with van der Waals surface area (Å²) in [5.74, 6) is 0.894. The van der Waals surface area contributed by atoms with Crippen molar-refractivity contribution in [3.63, 3.8) is 0 Å². The number of carbonyl (C=O) groups excluding carboxylic acids is 1. The monoisotopic (exact) mass is 504 g/mol. The first-order chi connectivity index (χ1) is 16.0. The van der Waals surface area contributed by atoms with Crippen LogP contribution in [0.2, 0.25) is 0 Å². The lowest BCUT2D eigenvalue weighted by molar-refractivity contribution is 0.0663. The molecule has 1 aromatic carbocycles. The molecule has 1 atom stereocenters. The molecule has 166 valence electrons. The topological polar surface area (TPSA) is 107 Å². The number of nitrogens with zero attached hydrogens (tertiary/aromatic N) is 5. The second-order valence-electron chi connectivity index (χ2n) is 7.86. The molecule has 33 heavy (non-hydrogen) atoms. The molecule has 0 radical (unpaired) electrons. The molecule has 0 saturated heterocycles. The van der Waals surface area contributed by atoms with E-state index >= 15 is 0 Å². The summed E-state index contributed by atoms with van der Waals surface area (Å²) in [4.78, 5) is 33.2. The molecule has 4 aromatic rings. The second-order valence-corrected chi connectivity index (χ2v) is 8.78. The summed E-state index contributed by atoms with van der Waals surface area (Å²) in [6, 6.07) is 10.7. The maximum Gasteiger partial charge on any atom is 0.254 e. The Morgan fingerprint density at radius 2 is 1.94 bits per heavy atom. The number of nitrogens with two attached hydrogens (primary N) is 1. The molecule has 1 aliphatic rings. The van der Waals surface area contributed by atoms with Crippen LogP contribution in [-0.4, -0.2) is 30.7 Å². The lowest BCUT2D eigenvalue weighted by atomic mass is 10.0. The standard InChI is InChI=1S/C24H21BrN6O2/c1-14(23-27-7-2-8-28-23)31(11-17-5-4-16(25)10-29-17)24(32)15-3-6-21-18(9-15)19-12-33-13-20(19)22(26)30-21/h2-10,14H,11-13H2,1H3,(H2,26,30)/t14-/m1/s1. The normalized spacial score (nSPS) is 13.6. The van der Waals surface area contributed by atoms with Crippen LogP contribution in [0.4, 0.5) is 5.82 Å². The number of ether oxygens (including phenoxy) is 1.